The third-order valence-electron chi connectivity index (χ3n) is 2.98. The minimum absolute atomic E-state index is 0.178. The molecule has 1 aromatic heterocycles. The first-order valence-corrected chi connectivity index (χ1v) is 5.92. The summed E-state index contributed by atoms with van der Waals surface area (Å²) in [7, 11) is 0. The molecular weight excluding hydrogens is 247 g/mol. The van der Waals surface area contributed by atoms with Gasteiger partial charge in [0, 0.05) is 22.4 Å². The zero-order valence-electron chi connectivity index (χ0n) is 10.7. The second-order valence-corrected chi connectivity index (χ2v) is 4.25. The van der Waals surface area contributed by atoms with E-state index in [-0.39, 0.29) is 11.3 Å². The van der Waals surface area contributed by atoms with E-state index in [0.29, 0.717) is 11.4 Å². The number of aromatic amines is 1. The van der Waals surface area contributed by atoms with Crippen LogP contribution in [0.15, 0.2) is 18.3 Å². The molecule has 0 radical (unpaired) electrons. The van der Waals surface area contributed by atoms with Crippen molar-refractivity contribution in [2.45, 2.75) is 20.3 Å². The summed E-state index contributed by atoms with van der Waals surface area (Å²) >= 11 is 0. The van der Waals surface area contributed by atoms with Gasteiger partial charge in [-0.15, -0.1) is 0 Å². The molecule has 0 aliphatic carbocycles. The monoisotopic (exact) mass is 262 g/mol. The molecule has 0 bridgehead atoms. The summed E-state index contributed by atoms with van der Waals surface area (Å²) in [6, 6.07) is 2.62. The van der Waals surface area contributed by atoms with Crippen molar-refractivity contribution in [3.8, 4) is 0 Å². The second kappa shape index (κ2) is 5.09. The van der Waals surface area contributed by atoms with Crippen molar-refractivity contribution in [3.63, 3.8) is 0 Å². The van der Waals surface area contributed by atoms with Crippen molar-refractivity contribution in [2.24, 2.45) is 0 Å². The van der Waals surface area contributed by atoms with Gasteiger partial charge in [-0.3, -0.25) is 9.89 Å². The molecule has 0 spiro atoms. The summed E-state index contributed by atoms with van der Waals surface area (Å²) in [5.74, 6) is -0.401. The van der Waals surface area contributed by atoms with E-state index in [9.17, 15) is 9.18 Å². The fourth-order valence-corrected chi connectivity index (χ4v) is 1.70. The van der Waals surface area contributed by atoms with E-state index in [0.717, 1.165) is 12.0 Å². The number of amides is 1. The van der Waals surface area contributed by atoms with E-state index >= 15 is 0 Å². The molecule has 2 aromatic rings. The first-order valence-electron chi connectivity index (χ1n) is 5.92. The van der Waals surface area contributed by atoms with Crippen LogP contribution >= 0.6 is 0 Å². The molecule has 6 heteroatoms. The van der Waals surface area contributed by atoms with Gasteiger partial charge in [0.25, 0.3) is 5.91 Å². The number of nitrogens with one attached hydrogen (secondary N) is 2. The maximum atomic E-state index is 13.5. The average molecular weight is 262 g/mol. The Kier molecular flexibility index (Phi) is 3.50. The molecule has 19 heavy (non-hydrogen) atoms. The number of rotatable bonds is 3. The molecule has 1 heterocycles. The lowest BCUT2D eigenvalue weighted by molar-refractivity contribution is 0.102. The Hall–Kier alpha value is -2.37. The maximum Gasteiger partial charge on any atom is 0.256 e. The number of nitrogen functional groups attached to an aromatic ring is 1. The average Bonchev–Trinajstić information content (AvgIpc) is 2.82. The fraction of sp³-hybridized carbons (Fsp3) is 0.231. The van der Waals surface area contributed by atoms with Gasteiger partial charge < -0.3 is 11.1 Å². The first kappa shape index (κ1) is 13.1. The van der Waals surface area contributed by atoms with Gasteiger partial charge in [-0.2, -0.15) is 5.10 Å². The number of nitrogens with zero attached hydrogens (tertiary/aromatic N) is 1. The van der Waals surface area contributed by atoms with E-state index in [2.05, 4.69) is 15.5 Å². The summed E-state index contributed by atoms with van der Waals surface area (Å²) < 4.78 is 13.5. The van der Waals surface area contributed by atoms with Crippen molar-refractivity contribution in [2.75, 3.05) is 11.1 Å². The van der Waals surface area contributed by atoms with Crippen molar-refractivity contribution >= 4 is 17.4 Å². The highest BCUT2D eigenvalue weighted by Gasteiger charge is 2.13. The van der Waals surface area contributed by atoms with E-state index in [4.69, 9.17) is 5.73 Å². The van der Waals surface area contributed by atoms with Crippen molar-refractivity contribution < 1.29 is 9.18 Å². The highest BCUT2D eigenvalue weighted by atomic mass is 19.1. The Morgan fingerprint density at radius 1 is 1.53 bits per heavy atom. The third kappa shape index (κ3) is 2.57. The van der Waals surface area contributed by atoms with Gasteiger partial charge in [-0.1, -0.05) is 6.92 Å². The number of carbonyl (C=O) groups excluding carboxylic acids is 1. The highest BCUT2D eigenvalue weighted by Crippen LogP contribution is 2.19. The number of carbonyl (C=O) groups is 1. The first-order chi connectivity index (χ1) is 9.02. The lowest BCUT2D eigenvalue weighted by Crippen LogP contribution is -2.14. The molecule has 0 saturated heterocycles. The lowest BCUT2D eigenvalue weighted by atomic mass is 10.1. The third-order valence-corrected chi connectivity index (χ3v) is 2.98. The summed E-state index contributed by atoms with van der Waals surface area (Å²) in [6.45, 7) is 3.51. The van der Waals surface area contributed by atoms with Gasteiger partial charge in [0.05, 0.1) is 6.20 Å². The van der Waals surface area contributed by atoms with Crippen LogP contribution in [-0.4, -0.2) is 16.1 Å². The Morgan fingerprint density at radius 2 is 2.26 bits per heavy atom. The summed E-state index contributed by atoms with van der Waals surface area (Å²) in [5, 5.41) is 9.19. The summed E-state index contributed by atoms with van der Waals surface area (Å²) in [6.07, 6.45) is 2.37. The van der Waals surface area contributed by atoms with Crippen LogP contribution < -0.4 is 11.1 Å². The normalized spacial score (nSPS) is 10.5. The number of anilines is 2. The number of aromatic nitrogens is 2. The Bertz CT molecular complexity index is 598. The SMILES string of the molecule is CCc1cn[nH]c1NC(=O)c1cc(N)c(C)c(F)c1. The maximum absolute atomic E-state index is 13.5. The van der Waals surface area contributed by atoms with Gasteiger partial charge in [0.1, 0.15) is 11.6 Å². The molecule has 1 amide bonds. The molecule has 0 unspecified atom stereocenters. The van der Waals surface area contributed by atoms with Crippen molar-refractivity contribution in [1.29, 1.82) is 0 Å². The number of H-pyrrole nitrogens is 1. The van der Waals surface area contributed by atoms with Gasteiger partial charge >= 0.3 is 0 Å². The lowest BCUT2D eigenvalue weighted by Gasteiger charge is -2.08. The molecule has 100 valence electrons. The topological polar surface area (TPSA) is 83.8 Å². The van der Waals surface area contributed by atoms with Crippen LogP contribution in [-0.2, 0) is 6.42 Å². The van der Waals surface area contributed by atoms with E-state index in [1.165, 1.54) is 12.1 Å². The van der Waals surface area contributed by atoms with E-state index in [1.807, 2.05) is 6.92 Å². The summed E-state index contributed by atoms with van der Waals surface area (Å²) in [5.41, 5.74) is 7.31. The van der Waals surface area contributed by atoms with Gasteiger partial charge in [0.2, 0.25) is 0 Å². The number of hydrogen-bond acceptors (Lipinski definition) is 3. The molecule has 5 nitrogen and oxygen atoms in total. The number of benzene rings is 1. The fourth-order valence-electron chi connectivity index (χ4n) is 1.70. The van der Waals surface area contributed by atoms with E-state index < -0.39 is 11.7 Å². The number of aryl methyl sites for hydroxylation is 1. The van der Waals surface area contributed by atoms with Crippen LogP contribution in [0.3, 0.4) is 0 Å². The Labute approximate surface area is 110 Å². The molecule has 2 rings (SSSR count). The zero-order chi connectivity index (χ0) is 14.0. The second-order valence-electron chi connectivity index (χ2n) is 4.25. The number of nitrogens with two attached hydrogens (primary N) is 1. The quantitative estimate of drug-likeness (QED) is 0.742. The Balaban J connectivity index is 2.26. The molecular formula is C13H15FN4O. The zero-order valence-corrected chi connectivity index (χ0v) is 10.7. The van der Waals surface area contributed by atoms with Crippen LogP contribution in [0, 0.1) is 12.7 Å². The van der Waals surface area contributed by atoms with Gasteiger partial charge in [-0.05, 0) is 25.5 Å². The molecule has 0 fully saturated rings. The van der Waals surface area contributed by atoms with Crippen LogP contribution in [0.1, 0.15) is 28.4 Å². The molecule has 4 N–H and O–H groups in total. The van der Waals surface area contributed by atoms with E-state index in [1.54, 1.807) is 13.1 Å². The number of halogens is 1. The minimum Gasteiger partial charge on any atom is -0.398 e. The predicted molar refractivity (Wildman–Crippen MR) is 71.5 cm³/mol. The van der Waals surface area contributed by atoms with Gasteiger partial charge in [0.15, 0.2) is 0 Å². The largest absolute Gasteiger partial charge is 0.398 e. The van der Waals surface area contributed by atoms with Crippen molar-refractivity contribution in [1.82, 2.24) is 10.2 Å². The van der Waals surface area contributed by atoms with Crippen LogP contribution in [0.2, 0.25) is 0 Å². The number of hydrogen-bond donors (Lipinski definition) is 3. The summed E-state index contributed by atoms with van der Waals surface area (Å²) in [4.78, 5) is 12.0. The molecule has 0 aliphatic rings. The smallest absolute Gasteiger partial charge is 0.256 e. The highest BCUT2D eigenvalue weighted by molar-refractivity contribution is 6.04. The molecule has 1 aromatic carbocycles. The Morgan fingerprint density at radius 3 is 2.89 bits per heavy atom. The van der Waals surface area contributed by atoms with Crippen LogP contribution in [0.5, 0.6) is 0 Å². The minimum atomic E-state index is -0.495. The predicted octanol–water partition coefficient (Wildman–Crippen LogP) is 2.25. The molecule has 0 aliphatic heterocycles. The van der Waals surface area contributed by atoms with Crippen molar-refractivity contribution in [3.05, 3.63) is 40.8 Å². The van der Waals surface area contributed by atoms with Crippen LogP contribution in [0.25, 0.3) is 0 Å². The van der Waals surface area contributed by atoms with Gasteiger partial charge in [-0.25, -0.2) is 4.39 Å². The molecule has 0 atom stereocenters. The standard InChI is InChI=1S/C13H15FN4O/c1-3-8-6-16-18-12(8)17-13(19)9-4-10(14)7(2)11(15)5-9/h4-6H,3,15H2,1-2H3,(H2,16,17,18,19). The van der Waals surface area contributed by atoms with Crippen LogP contribution in [0.4, 0.5) is 15.9 Å². The molecule has 0 saturated carbocycles.